The second kappa shape index (κ2) is 16.8. The summed E-state index contributed by atoms with van der Waals surface area (Å²) in [4.78, 5) is 0. The van der Waals surface area contributed by atoms with Gasteiger partial charge in [0.05, 0.1) is 0 Å². The zero-order chi connectivity index (χ0) is 14.9. The Balaban J connectivity index is 3.03. The third-order valence-corrected chi connectivity index (χ3v) is 3.74. The summed E-state index contributed by atoms with van der Waals surface area (Å²) in [6, 6.07) is 0.642. The third-order valence-electron chi connectivity index (χ3n) is 3.74. The first-order chi connectivity index (χ1) is 9.77. The molecule has 0 saturated heterocycles. The van der Waals surface area contributed by atoms with Gasteiger partial charge < -0.3 is 5.32 Å². The van der Waals surface area contributed by atoms with E-state index in [1.807, 2.05) is 0 Å². The fourth-order valence-corrected chi connectivity index (χ4v) is 2.41. The lowest BCUT2D eigenvalue weighted by Gasteiger charge is -2.07. The quantitative estimate of drug-likeness (QED) is 0.277. The molecule has 0 spiro atoms. The van der Waals surface area contributed by atoms with Crippen LogP contribution in [0.5, 0.6) is 0 Å². The molecule has 0 aliphatic heterocycles. The van der Waals surface area contributed by atoms with E-state index < -0.39 is 0 Å². The van der Waals surface area contributed by atoms with Gasteiger partial charge in [0.1, 0.15) is 0 Å². The molecule has 0 amide bonds. The van der Waals surface area contributed by atoms with Gasteiger partial charge in [0.15, 0.2) is 0 Å². The van der Waals surface area contributed by atoms with E-state index in [1.54, 1.807) is 0 Å². The lowest BCUT2D eigenvalue weighted by Crippen LogP contribution is -2.23. The SMILES string of the molecule is CCCCCC/C=C\CCCCCCCCNC(C)C. The summed E-state index contributed by atoms with van der Waals surface area (Å²) in [5, 5.41) is 3.48. The van der Waals surface area contributed by atoms with E-state index >= 15 is 0 Å². The Morgan fingerprint density at radius 1 is 0.700 bits per heavy atom. The highest BCUT2D eigenvalue weighted by atomic mass is 14.9. The summed E-state index contributed by atoms with van der Waals surface area (Å²) in [6.07, 6.45) is 21.3. The van der Waals surface area contributed by atoms with Crippen molar-refractivity contribution in [3.8, 4) is 0 Å². The minimum Gasteiger partial charge on any atom is -0.315 e. The van der Waals surface area contributed by atoms with Crippen LogP contribution < -0.4 is 5.32 Å². The molecule has 0 saturated carbocycles. The van der Waals surface area contributed by atoms with Gasteiger partial charge in [-0.15, -0.1) is 0 Å². The average molecular weight is 282 g/mol. The van der Waals surface area contributed by atoms with Crippen molar-refractivity contribution in [1.82, 2.24) is 5.32 Å². The molecular formula is C19H39N. The Morgan fingerprint density at radius 2 is 1.20 bits per heavy atom. The molecule has 1 heteroatoms. The largest absolute Gasteiger partial charge is 0.315 e. The molecular weight excluding hydrogens is 242 g/mol. The first-order valence-corrected chi connectivity index (χ1v) is 9.15. The van der Waals surface area contributed by atoms with E-state index in [-0.39, 0.29) is 0 Å². The number of hydrogen-bond donors (Lipinski definition) is 1. The maximum atomic E-state index is 3.48. The number of rotatable bonds is 15. The van der Waals surface area contributed by atoms with Gasteiger partial charge in [-0.25, -0.2) is 0 Å². The molecule has 0 aliphatic rings. The Bertz CT molecular complexity index is 196. The maximum Gasteiger partial charge on any atom is 0.00103 e. The van der Waals surface area contributed by atoms with Gasteiger partial charge in [0.25, 0.3) is 0 Å². The van der Waals surface area contributed by atoms with Gasteiger partial charge in [0.2, 0.25) is 0 Å². The van der Waals surface area contributed by atoms with E-state index in [0.29, 0.717) is 6.04 Å². The van der Waals surface area contributed by atoms with Gasteiger partial charge in [-0.05, 0) is 38.6 Å². The number of nitrogens with one attached hydrogen (secondary N) is 1. The highest BCUT2D eigenvalue weighted by Crippen LogP contribution is 2.08. The van der Waals surface area contributed by atoms with Crippen LogP contribution in [0.25, 0.3) is 0 Å². The molecule has 1 N–H and O–H groups in total. The molecule has 0 rings (SSSR count). The van der Waals surface area contributed by atoms with Crippen LogP contribution in [0.4, 0.5) is 0 Å². The molecule has 0 unspecified atom stereocenters. The van der Waals surface area contributed by atoms with Crippen molar-refractivity contribution in [1.29, 1.82) is 0 Å². The van der Waals surface area contributed by atoms with Gasteiger partial charge in [0, 0.05) is 6.04 Å². The zero-order valence-corrected chi connectivity index (χ0v) is 14.4. The predicted octanol–water partition coefficient (Wildman–Crippen LogP) is 6.24. The number of hydrogen-bond acceptors (Lipinski definition) is 1. The second-order valence-corrected chi connectivity index (χ2v) is 6.34. The van der Waals surface area contributed by atoms with Gasteiger partial charge in [-0.2, -0.15) is 0 Å². The van der Waals surface area contributed by atoms with Crippen molar-refractivity contribution in [3.63, 3.8) is 0 Å². The Hall–Kier alpha value is -0.300. The molecule has 0 heterocycles. The molecule has 1 nitrogen and oxygen atoms in total. The summed E-state index contributed by atoms with van der Waals surface area (Å²) in [5.74, 6) is 0. The third kappa shape index (κ3) is 17.7. The van der Waals surface area contributed by atoms with Crippen LogP contribution in [0, 0.1) is 0 Å². The first kappa shape index (κ1) is 19.7. The van der Waals surface area contributed by atoms with Crippen molar-refractivity contribution in [2.24, 2.45) is 0 Å². The van der Waals surface area contributed by atoms with Crippen LogP contribution in [0.1, 0.15) is 97.8 Å². The summed E-state index contributed by atoms with van der Waals surface area (Å²) in [7, 11) is 0. The minimum absolute atomic E-state index is 0.642. The molecule has 0 fully saturated rings. The van der Waals surface area contributed by atoms with Crippen molar-refractivity contribution in [3.05, 3.63) is 12.2 Å². The highest BCUT2D eigenvalue weighted by molar-refractivity contribution is 4.81. The molecule has 0 bridgehead atoms. The molecule has 120 valence electrons. The number of allylic oxidation sites excluding steroid dienone is 2. The smallest absolute Gasteiger partial charge is 0.00103 e. The molecule has 0 radical (unpaired) electrons. The number of unbranched alkanes of at least 4 members (excludes halogenated alkanes) is 10. The molecule has 0 aromatic heterocycles. The molecule has 0 atom stereocenters. The first-order valence-electron chi connectivity index (χ1n) is 9.15. The summed E-state index contributed by atoms with van der Waals surface area (Å²) in [5.41, 5.74) is 0. The minimum atomic E-state index is 0.642. The van der Waals surface area contributed by atoms with Gasteiger partial charge >= 0.3 is 0 Å². The van der Waals surface area contributed by atoms with Crippen LogP contribution in [0.2, 0.25) is 0 Å². The molecule has 20 heavy (non-hydrogen) atoms. The van der Waals surface area contributed by atoms with Gasteiger partial charge in [-0.3, -0.25) is 0 Å². The van der Waals surface area contributed by atoms with Gasteiger partial charge in [-0.1, -0.05) is 77.9 Å². The zero-order valence-electron chi connectivity index (χ0n) is 14.4. The van der Waals surface area contributed by atoms with E-state index in [2.05, 4.69) is 38.2 Å². The maximum absolute atomic E-state index is 3.48. The Morgan fingerprint density at radius 3 is 1.75 bits per heavy atom. The van der Waals surface area contributed by atoms with Crippen molar-refractivity contribution in [2.45, 2.75) is 104 Å². The van der Waals surface area contributed by atoms with E-state index in [4.69, 9.17) is 0 Å². The lowest BCUT2D eigenvalue weighted by atomic mass is 10.1. The Kier molecular flexibility index (Phi) is 16.5. The van der Waals surface area contributed by atoms with Crippen molar-refractivity contribution in [2.75, 3.05) is 6.54 Å². The van der Waals surface area contributed by atoms with Crippen LogP contribution in [-0.4, -0.2) is 12.6 Å². The molecule has 0 aromatic rings. The summed E-state index contributed by atoms with van der Waals surface area (Å²) < 4.78 is 0. The lowest BCUT2D eigenvalue weighted by molar-refractivity contribution is 0.533. The monoisotopic (exact) mass is 281 g/mol. The van der Waals surface area contributed by atoms with Crippen LogP contribution in [-0.2, 0) is 0 Å². The predicted molar refractivity (Wildman–Crippen MR) is 93.4 cm³/mol. The summed E-state index contributed by atoms with van der Waals surface area (Å²) >= 11 is 0. The average Bonchev–Trinajstić information content (AvgIpc) is 2.43. The van der Waals surface area contributed by atoms with E-state index in [1.165, 1.54) is 83.6 Å². The molecule has 0 aromatic carbocycles. The highest BCUT2D eigenvalue weighted by Gasteiger charge is 1.93. The summed E-state index contributed by atoms with van der Waals surface area (Å²) in [6.45, 7) is 7.91. The van der Waals surface area contributed by atoms with Crippen LogP contribution in [0.3, 0.4) is 0 Å². The standard InChI is InChI=1S/C19H39N/c1-4-5-6-7-8-9-10-11-12-13-14-15-16-17-18-20-19(2)3/h9-10,19-20H,4-8,11-18H2,1-3H3/b10-9-. The fraction of sp³-hybridized carbons (Fsp3) is 0.895. The van der Waals surface area contributed by atoms with Crippen molar-refractivity contribution < 1.29 is 0 Å². The Labute approximate surface area is 128 Å². The van der Waals surface area contributed by atoms with Crippen LogP contribution in [0.15, 0.2) is 12.2 Å². The molecule has 0 aliphatic carbocycles. The van der Waals surface area contributed by atoms with Crippen molar-refractivity contribution >= 4 is 0 Å². The normalized spacial score (nSPS) is 11.8. The van der Waals surface area contributed by atoms with E-state index in [0.717, 1.165) is 0 Å². The van der Waals surface area contributed by atoms with Crippen LogP contribution >= 0.6 is 0 Å². The second-order valence-electron chi connectivity index (χ2n) is 6.34. The fourth-order valence-electron chi connectivity index (χ4n) is 2.41. The topological polar surface area (TPSA) is 12.0 Å². The van der Waals surface area contributed by atoms with E-state index in [9.17, 15) is 0 Å².